The second kappa shape index (κ2) is 9.70. The Morgan fingerprint density at radius 3 is 1.97 bits per heavy atom. The van der Waals surface area contributed by atoms with Crippen molar-refractivity contribution in [2.45, 2.75) is 26.3 Å². The van der Waals surface area contributed by atoms with Gasteiger partial charge >= 0.3 is 5.97 Å². The maximum absolute atomic E-state index is 13.1. The molecule has 0 aromatic heterocycles. The van der Waals surface area contributed by atoms with Crippen LogP contribution in [0.3, 0.4) is 0 Å². The highest BCUT2D eigenvalue weighted by molar-refractivity contribution is 6.22. The van der Waals surface area contributed by atoms with Gasteiger partial charge in [0.15, 0.2) is 6.61 Å². The Labute approximate surface area is 197 Å². The number of fused-ring (bicyclic) bond motifs is 1. The van der Waals surface area contributed by atoms with Crippen molar-refractivity contribution in [3.8, 4) is 0 Å². The molecular formula is C27H24N2O5. The summed E-state index contributed by atoms with van der Waals surface area (Å²) in [6.45, 7) is 3.20. The van der Waals surface area contributed by atoms with Gasteiger partial charge in [-0.1, -0.05) is 60.7 Å². The van der Waals surface area contributed by atoms with Crippen LogP contribution in [0.15, 0.2) is 72.8 Å². The van der Waals surface area contributed by atoms with E-state index in [1.165, 1.54) is 0 Å². The van der Waals surface area contributed by atoms with Crippen LogP contribution in [-0.4, -0.2) is 41.2 Å². The van der Waals surface area contributed by atoms with Gasteiger partial charge in [-0.05, 0) is 42.7 Å². The average Bonchev–Trinajstić information content (AvgIpc) is 3.09. The van der Waals surface area contributed by atoms with Crippen LogP contribution in [-0.2, 0) is 20.7 Å². The summed E-state index contributed by atoms with van der Waals surface area (Å²) < 4.78 is 5.30. The number of imide groups is 1. The molecule has 7 heteroatoms. The van der Waals surface area contributed by atoms with Gasteiger partial charge in [-0.2, -0.15) is 0 Å². The molecule has 0 saturated carbocycles. The molecule has 1 N–H and O–H groups in total. The topological polar surface area (TPSA) is 92.8 Å². The van der Waals surface area contributed by atoms with Crippen molar-refractivity contribution in [1.29, 1.82) is 0 Å². The highest BCUT2D eigenvalue weighted by atomic mass is 16.5. The van der Waals surface area contributed by atoms with E-state index < -0.39 is 36.3 Å². The van der Waals surface area contributed by atoms with Crippen molar-refractivity contribution in [3.63, 3.8) is 0 Å². The summed E-state index contributed by atoms with van der Waals surface area (Å²) in [4.78, 5) is 52.6. The summed E-state index contributed by atoms with van der Waals surface area (Å²) in [7, 11) is 0. The van der Waals surface area contributed by atoms with E-state index in [2.05, 4.69) is 5.32 Å². The Balaban J connectivity index is 1.52. The van der Waals surface area contributed by atoms with Gasteiger partial charge in [0.05, 0.1) is 11.1 Å². The fourth-order valence-corrected chi connectivity index (χ4v) is 4.03. The Kier molecular flexibility index (Phi) is 6.54. The third kappa shape index (κ3) is 4.59. The molecular weight excluding hydrogens is 432 g/mol. The standard InChI is InChI=1S/C27H24N2O5/c1-17-9-8-10-18(2)24(17)28-23(30)16-34-27(33)22(15-19-11-4-3-5-12-19)29-25(31)20-13-6-7-14-21(20)26(29)32/h3-14,22H,15-16H2,1-2H3,(H,28,30)/t22-/m1/s1. The summed E-state index contributed by atoms with van der Waals surface area (Å²) in [6.07, 6.45) is 0.0731. The minimum absolute atomic E-state index is 0.0731. The summed E-state index contributed by atoms with van der Waals surface area (Å²) in [5, 5.41) is 2.76. The number of aryl methyl sites for hydroxylation is 2. The first-order valence-electron chi connectivity index (χ1n) is 10.9. The second-order valence-corrected chi connectivity index (χ2v) is 8.15. The quantitative estimate of drug-likeness (QED) is 0.432. The number of hydrogen-bond donors (Lipinski definition) is 1. The van der Waals surface area contributed by atoms with E-state index in [1.807, 2.05) is 38.1 Å². The first-order chi connectivity index (χ1) is 16.4. The number of amides is 3. The Morgan fingerprint density at radius 1 is 0.824 bits per heavy atom. The lowest BCUT2D eigenvalue weighted by atomic mass is 10.0. The number of benzene rings is 3. The van der Waals surface area contributed by atoms with Crippen LogP contribution in [0, 0.1) is 13.8 Å². The molecule has 3 aromatic rings. The molecule has 0 spiro atoms. The molecule has 1 heterocycles. The highest BCUT2D eigenvalue weighted by Crippen LogP contribution is 2.26. The van der Waals surface area contributed by atoms with Crippen LogP contribution in [0.5, 0.6) is 0 Å². The SMILES string of the molecule is Cc1cccc(C)c1NC(=O)COC(=O)[C@@H](Cc1ccccc1)N1C(=O)c2ccccc2C1=O. The number of ether oxygens (including phenoxy) is 1. The third-order valence-corrected chi connectivity index (χ3v) is 5.77. The zero-order valence-electron chi connectivity index (χ0n) is 18.9. The highest BCUT2D eigenvalue weighted by Gasteiger charge is 2.43. The molecule has 1 aliphatic heterocycles. The first-order valence-corrected chi connectivity index (χ1v) is 10.9. The largest absolute Gasteiger partial charge is 0.454 e. The van der Waals surface area contributed by atoms with Gasteiger partial charge in [0.2, 0.25) is 0 Å². The first kappa shape index (κ1) is 22.9. The van der Waals surface area contributed by atoms with Gasteiger partial charge in [0, 0.05) is 12.1 Å². The number of carbonyl (C=O) groups is 4. The van der Waals surface area contributed by atoms with E-state index in [0.717, 1.165) is 21.6 Å². The van der Waals surface area contributed by atoms with Crippen molar-refractivity contribution in [3.05, 3.63) is 101 Å². The van der Waals surface area contributed by atoms with Gasteiger partial charge < -0.3 is 10.1 Å². The third-order valence-electron chi connectivity index (χ3n) is 5.77. The van der Waals surface area contributed by atoms with Crippen molar-refractivity contribution >= 4 is 29.4 Å². The summed E-state index contributed by atoms with van der Waals surface area (Å²) >= 11 is 0. The normalized spacial score (nSPS) is 13.4. The van der Waals surface area contributed by atoms with E-state index in [-0.39, 0.29) is 17.5 Å². The molecule has 0 fully saturated rings. The van der Waals surface area contributed by atoms with Crippen LogP contribution in [0.2, 0.25) is 0 Å². The summed E-state index contributed by atoms with van der Waals surface area (Å²) in [5.74, 6) is -2.45. The number of esters is 1. The molecule has 3 aromatic carbocycles. The fourth-order valence-electron chi connectivity index (χ4n) is 4.03. The smallest absolute Gasteiger partial charge is 0.330 e. The Bertz CT molecular complexity index is 1210. The van der Waals surface area contributed by atoms with Gasteiger partial charge in [0.25, 0.3) is 17.7 Å². The minimum atomic E-state index is -1.21. The maximum atomic E-state index is 13.1. The molecule has 0 radical (unpaired) electrons. The van der Waals surface area contributed by atoms with E-state index in [1.54, 1.807) is 48.5 Å². The molecule has 1 aliphatic rings. The lowest BCUT2D eigenvalue weighted by Crippen LogP contribution is -2.47. The Hall–Kier alpha value is -4.26. The van der Waals surface area contributed by atoms with Gasteiger partial charge in [-0.15, -0.1) is 0 Å². The van der Waals surface area contributed by atoms with Crippen LogP contribution in [0.1, 0.15) is 37.4 Å². The lowest BCUT2D eigenvalue weighted by Gasteiger charge is -2.24. The second-order valence-electron chi connectivity index (χ2n) is 8.15. The predicted octanol–water partition coefficient (Wildman–Crippen LogP) is 3.69. The molecule has 0 unspecified atom stereocenters. The van der Waals surface area contributed by atoms with Crippen LogP contribution in [0.4, 0.5) is 5.69 Å². The number of carbonyl (C=O) groups excluding carboxylic acids is 4. The molecule has 7 nitrogen and oxygen atoms in total. The molecule has 1 atom stereocenters. The van der Waals surface area contributed by atoms with Gasteiger partial charge in [-0.25, -0.2) is 4.79 Å². The number of nitrogens with one attached hydrogen (secondary N) is 1. The Morgan fingerprint density at radius 2 is 1.38 bits per heavy atom. The number of hydrogen-bond acceptors (Lipinski definition) is 5. The van der Waals surface area contributed by atoms with Crippen LogP contribution >= 0.6 is 0 Å². The molecule has 0 bridgehead atoms. The van der Waals surface area contributed by atoms with E-state index in [4.69, 9.17) is 4.74 Å². The fraction of sp³-hybridized carbons (Fsp3) is 0.185. The zero-order valence-corrected chi connectivity index (χ0v) is 18.9. The monoisotopic (exact) mass is 456 g/mol. The van der Waals surface area contributed by atoms with E-state index in [9.17, 15) is 19.2 Å². The van der Waals surface area contributed by atoms with E-state index in [0.29, 0.717) is 5.69 Å². The van der Waals surface area contributed by atoms with Crippen molar-refractivity contribution in [2.75, 3.05) is 11.9 Å². The number of para-hydroxylation sites is 1. The van der Waals surface area contributed by atoms with Gasteiger partial charge in [-0.3, -0.25) is 19.3 Å². The summed E-state index contributed by atoms with van der Waals surface area (Å²) in [5.41, 5.74) is 3.66. The minimum Gasteiger partial charge on any atom is -0.454 e. The van der Waals surface area contributed by atoms with Crippen LogP contribution in [0.25, 0.3) is 0 Å². The van der Waals surface area contributed by atoms with E-state index >= 15 is 0 Å². The maximum Gasteiger partial charge on any atom is 0.330 e. The molecule has 0 aliphatic carbocycles. The molecule has 4 rings (SSSR count). The number of anilines is 1. The number of nitrogens with zero attached hydrogens (tertiary/aromatic N) is 1. The lowest BCUT2D eigenvalue weighted by molar-refractivity contribution is -0.151. The molecule has 3 amide bonds. The van der Waals surface area contributed by atoms with Crippen LogP contribution < -0.4 is 5.32 Å². The molecule has 172 valence electrons. The summed E-state index contributed by atoms with van der Waals surface area (Å²) in [6, 6.07) is 19.9. The zero-order chi connectivity index (χ0) is 24.2. The molecule has 0 saturated heterocycles. The molecule has 34 heavy (non-hydrogen) atoms. The number of rotatable bonds is 7. The van der Waals surface area contributed by atoms with Crippen molar-refractivity contribution in [2.24, 2.45) is 0 Å². The average molecular weight is 456 g/mol. The van der Waals surface area contributed by atoms with Crippen molar-refractivity contribution in [1.82, 2.24) is 4.90 Å². The predicted molar refractivity (Wildman–Crippen MR) is 126 cm³/mol. The van der Waals surface area contributed by atoms with Gasteiger partial charge in [0.1, 0.15) is 6.04 Å². The van der Waals surface area contributed by atoms with Crippen molar-refractivity contribution < 1.29 is 23.9 Å².